The predicted octanol–water partition coefficient (Wildman–Crippen LogP) is 2.14. The fraction of sp³-hybridized carbons (Fsp3) is 0.533. The Kier molecular flexibility index (Phi) is 4.76. The number of nitrogens with one attached hydrogen (secondary N) is 2. The molecule has 0 saturated carbocycles. The van der Waals surface area contributed by atoms with Gasteiger partial charge in [0.25, 0.3) is 0 Å². The zero-order valence-electron chi connectivity index (χ0n) is 11.0. The van der Waals surface area contributed by atoms with Crippen LogP contribution in [0, 0.1) is 6.92 Å². The molecule has 0 aromatic heterocycles. The van der Waals surface area contributed by atoms with Crippen LogP contribution in [-0.2, 0) is 11.3 Å². The molecule has 1 aliphatic heterocycles. The average Bonchev–Trinajstić information content (AvgIpc) is 2.66. The topological polar surface area (TPSA) is 41.1 Å². The monoisotopic (exact) mass is 246 g/mol. The van der Waals surface area contributed by atoms with Crippen molar-refractivity contribution < 1.29 is 4.79 Å². The van der Waals surface area contributed by atoms with Crippen LogP contribution in [0.2, 0.25) is 0 Å². The standard InChI is InChI=1S/C15H22N2O/c1-12-6-8-13(9-7-12)11-17-15(18)14-5-3-2-4-10-16-14/h6-9,14,16H,2-5,10-11H2,1H3,(H,17,18)/t14-/m1/s1. The Balaban J connectivity index is 1.81. The summed E-state index contributed by atoms with van der Waals surface area (Å²) in [4.78, 5) is 12.0. The summed E-state index contributed by atoms with van der Waals surface area (Å²) in [5, 5.41) is 6.33. The second-order valence-corrected chi connectivity index (χ2v) is 5.06. The minimum atomic E-state index is -0.00190. The Morgan fingerprint density at radius 1 is 1.28 bits per heavy atom. The first-order valence-electron chi connectivity index (χ1n) is 6.82. The van der Waals surface area contributed by atoms with Crippen LogP contribution in [0.15, 0.2) is 24.3 Å². The first kappa shape index (κ1) is 13.1. The lowest BCUT2D eigenvalue weighted by atomic mass is 10.1. The van der Waals surface area contributed by atoms with Gasteiger partial charge in [-0.1, -0.05) is 42.7 Å². The van der Waals surface area contributed by atoms with Gasteiger partial charge in [0.2, 0.25) is 5.91 Å². The van der Waals surface area contributed by atoms with Gasteiger partial charge in [-0.15, -0.1) is 0 Å². The van der Waals surface area contributed by atoms with Gasteiger partial charge in [0, 0.05) is 6.54 Å². The third-order valence-corrected chi connectivity index (χ3v) is 3.46. The summed E-state index contributed by atoms with van der Waals surface area (Å²) >= 11 is 0. The van der Waals surface area contributed by atoms with Gasteiger partial charge in [-0.3, -0.25) is 4.79 Å². The van der Waals surface area contributed by atoms with Crippen LogP contribution < -0.4 is 10.6 Å². The molecule has 1 aromatic rings. The number of rotatable bonds is 3. The van der Waals surface area contributed by atoms with Gasteiger partial charge < -0.3 is 10.6 Å². The molecule has 3 nitrogen and oxygen atoms in total. The molecular weight excluding hydrogens is 224 g/mol. The number of aryl methyl sites for hydroxylation is 1. The summed E-state index contributed by atoms with van der Waals surface area (Å²) in [5.41, 5.74) is 2.40. The number of carbonyl (C=O) groups is 1. The van der Waals surface area contributed by atoms with Crippen molar-refractivity contribution in [2.75, 3.05) is 6.54 Å². The summed E-state index contributed by atoms with van der Waals surface area (Å²) < 4.78 is 0. The molecule has 1 aromatic carbocycles. The molecule has 0 unspecified atom stereocenters. The first-order chi connectivity index (χ1) is 8.75. The van der Waals surface area contributed by atoms with Crippen molar-refractivity contribution in [3.8, 4) is 0 Å². The quantitative estimate of drug-likeness (QED) is 0.858. The molecule has 98 valence electrons. The zero-order valence-corrected chi connectivity index (χ0v) is 11.0. The van der Waals surface area contributed by atoms with Crippen LogP contribution in [0.25, 0.3) is 0 Å². The van der Waals surface area contributed by atoms with Gasteiger partial charge >= 0.3 is 0 Å². The number of carbonyl (C=O) groups excluding carboxylic acids is 1. The minimum absolute atomic E-state index is 0.00190. The highest BCUT2D eigenvalue weighted by molar-refractivity contribution is 5.81. The molecule has 0 aliphatic carbocycles. The lowest BCUT2D eigenvalue weighted by Gasteiger charge is -2.15. The molecule has 2 rings (SSSR count). The highest BCUT2D eigenvalue weighted by atomic mass is 16.2. The SMILES string of the molecule is Cc1ccc(CNC(=O)[C@H]2CCCCCN2)cc1. The molecule has 18 heavy (non-hydrogen) atoms. The Labute approximate surface area is 109 Å². The van der Waals surface area contributed by atoms with Crippen molar-refractivity contribution in [2.24, 2.45) is 0 Å². The number of amides is 1. The van der Waals surface area contributed by atoms with E-state index >= 15 is 0 Å². The van der Waals surface area contributed by atoms with Crippen LogP contribution in [-0.4, -0.2) is 18.5 Å². The molecular formula is C15H22N2O. The molecule has 2 N–H and O–H groups in total. The van der Waals surface area contributed by atoms with Crippen molar-refractivity contribution in [1.29, 1.82) is 0 Å². The van der Waals surface area contributed by atoms with Gasteiger partial charge in [-0.2, -0.15) is 0 Å². The number of hydrogen-bond donors (Lipinski definition) is 2. The summed E-state index contributed by atoms with van der Waals surface area (Å²) in [5.74, 6) is 0.137. The zero-order chi connectivity index (χ0) is 12.8. The maximum absolute atomic E-state index is 12.0. The second kappa shape index (κ2) is 6.55. The Morgan fingerprint density at radius 3 is 2.83 bits per heavy atom. The minimum Gasteiger partial charge on any atom is -0.351 e. The summed E-state index contributed by atoms with van der Waals surface area (Å²) in [7, 11) is 0. The highest BCUT2D eigenvalue weighted by Gasteiger charge is 2.18. The van der Waals surface area contributed by atoms with E-state index in [0.29, 0.717) is 6.54 Å². The highest BCUT2D eigenvalue weighted by Crippen LogP contribution is 2.09. The van der Waals surface area contributed by atoms with E-state index < -0.39 is 0 Å². The lowest BCUT2D eigenvalue weighted by molar-refractivity contribution is -0.123. The molecule has 0 spiro atoms. The van der Waals surface area contributed by atoms with Gasteiger partial charge in [-0.25, -0.2) is 0 Å². The molecule has 1 fully saturated rings. The Bertz CT molecular complexity index is 378. The van der Waals surface area contributed by atoms with E-state index in [1.165, 1.54) is 18.4 Å². The van der Waals surface area contributed by atoms with Gasteiger partial charge in [0.05, 0.1) is 6.04 Å². The number of benzene rings is 1. The lowest BCUT2D eigenvalue weighted by Crippen LogP contribution is -2.43. The second-order valence-electron chi connectivity index (χ2n) is 5.06. The molecule has 1 heterocycles. The summed E-state index contributed by atoms with van der Waals surface area (Å²) in [6, 6.07) is 8.28. The Morgan fingerprint density at radius 2 is 2.06 bits per heavy atom. The largest absolute Gasteiger partial charge is 0.351 e. The Hall–Kier alpha value is -1.35. The van der Waals surface area contributed by atoms with E-state index in [4.69, 9.17) is 0 Å². The fourth-order valence-electron chi connectivity index (χ4n) is 2.27. The van der Waals surface area contributed by atoms with Crippen molar-refractivity contribution in [3.05, 3.63) is 35.4 Å². The third-order valence-electron chi connectivity index (χ3n) is 3.46. The van der Waals surface area contributed by atoms with Crippen molar-refractivity contribution in [2.45, 2.75) is 45.2 Å². The fourth-order valence-corrected chi connectivity index (χ4v) is 2.27. The maximum atomic E-state index is 12.0. The van der Waals surface area contributed by atoms with Gasteiger partial charge in [0.15, 0.2) is 0 Å². The van der Waals surface area contributed by atoms with E-state index in [1.807, 2.05) is 0 Å². The van der Waals surface area contributed by atoms with Crippen LogP contribution in [0.1, 0.15) is 36.8 Å². The molecule has 0 radical (unpaired) electrons. The van der Waals surface area contributed by atoms with Crippen LogP contribution >= 0.6 is 0 Å². The van der Waals surface area contributed by atoms with Gasteiger partial charge in [0.1, 0.15) is 0 Å². The van der Waals surface area contributed by atoms with Crippen LogP contribution in [0.4, 0.5) is 0 Å². The van der Waals surface area contributed by atoms with Crippen molar-refractivity contribution in [3.63, 3.8) is 0 Å². The first-order valence-corrected chi connectivity index (χ1v) is 6.82. The normalized spacial score (nSPS) is 20.2. The molecule has 1 amide bonds. The van der Waals surface area contributed by atoms with E-state index in [2.05, 4.69) is 41.8 Å². The smallest absolute Gasteiger partial charge is 0.237 e. The van der Waals surface area contributed by atoms with E-state index in [0.717, 1.165) is 24.9 Å². The van der Waals surface area contributed by atoms with Crippen molar-refractivity contribution >= 4 is 5.91 Å². The molecule has 0 bridgehead atoms. The molecule has 3 heteroatoms. The van der Waals surface area contributed by atoms with E-state index in [9.17, 15) is 4.79 Å². The van der Waals surface area contributed by atoms with E-state index in [1.54, 1.807) is 0 Å². The van der Waals surface area contributed by atoms with Crippen molar-refractivity contribution in [1.82, 2.24) is 10.6 Å². The van der Waals surface area contributed by atoms with Crippen LogP contribution in [0.3, 0.4) is 0 Å². The van der Waals surface area contributed by atoms with E-state index in [-0.39, 0.29) is 11.9 Å². The average molecular weight is 246 g/mol. The maximum Gasteiger partial charge on any atom is 0.237 e. The van der Waals surface area contributed by atoms with Crippen LogP contribution in [0.5, 0.6) is 0 Å². The molecule has 1 atom stereocenters. The molecule has 1 aliphatic rings. The third kappa shape index (κ3) is 3.84. The number of hydrogen-bond acceptors (Lipinski definition) is 2. The van der Waals surface area contributed by atoms with Gasteiger partial charge in [-0.05, 0) is 31.9 Å². The summed E-state index contributed by atoms with van der Waals surface area (Å²) in [6.45, 7) is 3.65. The predicted molar refractivity (Wildman–Crippen MR) is 73.3 cm³/mol. The molecule has 1 saturated heterocycles. The summed E-state index contributed by atoms with van der Waals surface area (Å²) in [6.07, 6.45) is 4.52.